The van der Waals surface area contributed by atoms with Gasteiger partial charge in [-0.25, -0.2) is 4.79 Å². The SMILES string of the molecule is CCCCCCCCCCCCCCCOc1ccc(-c2ccc(C(=O)Oc3ccc(C(C)OC)cc3)cc2)cc1. The molecule has 0 aliphatic heterocycles. The van der Waals surface area contributed by atoms with E-state index in [1.54, 1.807) is 31.4 Å². The molecule has 0 saturated heterocycles. The highest BCUT2D eigenvalue weighted by atomic mass is 16.5. The van der Waals surface area contributed by atoms with E-state index in [0.717, 1.165) is 35.5 Å². The minimum Gasteiger partial charge on any atom is -0.494 e. The van der Waals surface area contributed by atoms with Gasteiger partial charge in [0.15, 0.2) is 0 Å². The minimum absolute atomic E-state index is 0.00279. The fraction of sp³-hybridized carbons (Fsp3) is 0.486. The Hall–Kier alpha value is -3.11. The Morgan fingerprint density at radius 3 is 1.59 bits per heavy atom. The summed E-state index contributed by atoms with van der Waals surface area (Å²) in [6.45, 7) is 5.02. The summed E-state index contributed by atoms with van der Waals surface area (Å²) in [6, 6.07) is 23.1. The van der Waals surface area contributed by atoms with Gasteiger partial charge < -0.3 is 14.2 Å². The van der Waals surface area contributed by atoms with E-state index < -0.39 is 0 Å². The van der Waals surface area contributed by atoms with Crippen molar-refractivity contribution in [3.8, 4) is 22.6 Å². The van der Waals surface area contributed by atoms with Crippen molar-refractivity contribution in [3.63, 3.8) is 0 Å². The van der Waals surface area contributed by atoms with Crippen LogP contribution in [0.3, 0.4) is 0 Å². The first-order chi connectivity index (χ1) is 20.1. The molecule has 0 fully saturated rings. The van der Waals surface area contributed by atoms with Gasteiger partial charge in [-0.05, 0) is 66.4 Å². The van der Waals surface area contributed by atoms with E-state index in [4.69, 9.17) is 14.2 Å². The number of carbonyl (C=O) groups excluding carboxylic acids is 1. The van der Waals surface area contributed by atoms with Crippen molar-refractivity contribution in [3.05, 3.63) is 83.9 Å². The molecule has 4 heteroatoms. The maximum Gasteiger partial charge on any atom is 0.343 e. The Kier molecular flexibility index (Phi) is 15.1. The molecule has 0 bridgehead atoms. The number of ether oxygens (including phenoxy) is 3. The van der Waals surface area contributed by atoms with Crippen molar-refractivity contribution < 1.29 is 19.0 Å². The molecule has 3 aromatic rings. The Balaban J connectivity index is 1.30. The molecule has 3 rings (SSSR count). The van der Waals surface area contributed by atoms with E-state index in [1.165, 1.54) is 77.0 Å². The normalized spacial score (nSPS) is 11.8. The first kappa shape index (κ1) is 32.4. The average Bonchev–Trinajstić information content (AvgIpc) is 3.01. The molecule has 0 radical (unpaired) electrons. The van der Waals surface area contributed by atoms with Crippen molar-refractivity contribution >= 4 is 5.97 Å². The fourth-order valence-corrected chi connectivity index (χ4v) is 4.96. The highest BCUT2D eigenvalue weighted by molar-refractivity contribution is 5.91. The minimum atomic E-state index is -0.374. The predicted molar refractivity (Wildman–Crippen MR) is 170 cm³/mol. The zero-order valence-corrected chi connectivity index (χ0v) is 25.5. The maximum atomic E-state index is 12.6. The third-order valence-corrected chi connectivity index (χ3v) is 7.74. The van der Waals surface area contributed by atoms with Crippen LogP contribution in [-0.4, -0.2) is 19.7 Å². The van der Waals surface area contributed by atoms with Gasteiger partial charge in [0, 0.05) is 7.11 Å². The molecular weight excluding hydrogens is 508 g/mol. The van der Waals surface area contributed by atoms with Crippen molar-refractivity contribution in [2.24, 2.45) is 0 Å². The van der Waals surface area contributed by atoms with Crippen LogP contribution in [0.25, 0.3) is 11.1 Å². The Morgan fingerprint density at radius 1 is 0.610 bits per heavy atom. The molecule has 0 spiro atoms. The zero-order valence-electron chi connectivity index (χ0n) is 25.5. The summed E-state index contributed by atoms with van der Waals surface area (Å²) in [6.07, 6.45) is 17.6. The molecule has 0 amide bonds. The monoisotopic (exact) mass is 558 g/mol. The van der Waals surface area contributed by atoms with Gasteiger partial charge in [0.1, 0.15) is 11.5 Å². The molecule has 222 valence electrons. The van der Waals surface area contributed by atoms with Crippen molar-refractivity contribution in [1.82, 2.24) is 0 Å². The van der Waals surface area contributed by atoms with E-state index >= 15 is 0 Å². The van der Waals surface area contributed by atoms with Crippen LogP contribution in [0.4, 0.5) is 0 Å². The predicted octanol–water partition coefficient (Wildman–Crippen LogP) is 10.8. The molecule has 0 aromatic heterocycles. The molecule has 0 N–H and O–H groups in total. The van der Waals surface area contributed by atoms with Crippen LogP contribution in [0.1, 0.15) is 119 Å². The Labute approximate surface area is 248 Å². The van der Waals surface area contributed by atoms with Crippen LogP contribution in [0, 0.1) is 0 Å². The third-order valence-electron chi connectivity index (χ3n) is 7.74. The second-order valence-corrected chi connectivity index (χ2v) is 11.0. The van der Waals surface area contributed by atoms with E-state index in [2.05, 4.69) is 19.1 Å². The molecule has 3 aromatic carbocycles. The lowest BCUT2D eigenvalue weighted by molar-refractivity contribution is 0.0734. The van der Waals surface area contributed by atoms with Crippen LogP contribution in [0.5, 0.6) is 11.5 Å². The molecule has 0 aliphatic carbocycles. The van der Waals surface area contributed by atoms with Crippen LogP contribution in [0.2, 0.25) is 0 Å². The van der Waals surface area contributed by atoms with Gasteiger partial charge in [-0.3, -0.25) is 0 Å². The quantitative estimate of drug-likeness (QED) is 0.0786. The van der Waals surface area contributed by atoms with Crippen LogP contribution in [-0.2, 0) is 4.74 Å². The fourth-order valence-electron chi connectivity index (χ4n) is 4.96. The van der Waals surface area contributed by atoms with E-state index in [0.29, 0.717) is 11.3 Å². The van der Waals surface area contributed by atoms with Crippen LogP contribution >= 0.6 is 0 Å². The first-order valence-corrected chi connectivity index (χ1v) is 15.8. The largest absolute Gasteiger partial charge is 0.494 e. The van der Waals surface area contributed by atoms with Crippen molar-refractivity contribution in [2.75, 3.05) is 13.7 Å². The molecule has 41 heavy (non-hydrogen) atoms. The zero-order chi connectivity index (χ0) is 29.1. The van der Waals surface area contributed by atoms with Gasteiger partial charge in [0.25, 0.3) is 0 Å². The maximum absolute atomic E-state index is 12.6. The number of benzene rings is 3. The standard InChI is InChI=1S/C37H50O4/c1-4-5-6-7-8-9-10-11-12-13-14-15-16-29-40-35-25-23-33(24-26-35)32-17-19-34(20-18-32)37(38)41-36-27-21-31(22-28-36)30(2)39-3/h17-28,30H,4-16,29H2,1-3H3. The summed E-state index contributed by atoms with van der Waals surface area (Å²) in [5.74, 6) is 1.04. The smallest absolute Gasteiger partial charge is 0.343 e. The average molecular weight is 559 g/mol. The lowest BCUT2D eigenvalue weighted by Crippen LogP contribution is -2.08. The van der Waals surface area contributed by atoms with Gasteiger partial charge >= 0.3 is 5.97 Å². The van der Waals surface area contributed by atoms with E-state index in [9.17, 15) is 4.79 Å². The summed E-state index contributed by atoms with van der Waals surface area (Å²) >= 11 is 0. The molecule has 1 atom stereocenters. The summed E-state index contributed by atoms with van der Waals surface area (Å²) < 4.78 is 16.8. The van der Waals surface area contributed by atoms with Gasteiger partial charge in [-0.2, -0.15) is 0 Å². The van der Waals surface area contributed by atoms with Gasteiger partial charge in [-0.15, -0.1) is 0 Å². The highest BCUT2D eigenvalue weighted by Crippen LogP contribution is 2.24. The van der Waals surface area contributed by atoms with E-state index in [-0.39, 0.29) is 12.1 Å². The van der Waals surface area contributed by atoms with Crippen LogP contribution < -0.4 is 9.47 Å². The van der Waals surface area contributed by atoms with E-state index in [1.807, 2.05) is 43.3 Å². The summed E-state index contributed by atoms with van der Waals surface area (Å²) in [4.78, 5) is 12.6. The molecule has 1 unspecified atom stereocenters. The van der Waals surface area contributed by atoms with Gasteiger partial charge in [0.05, 0.1) is 18.3 Å². The van der Waals surface area contributed by atoms with Crippen molar-refractivity contribution in [2.45, 2.75) is 103 Å². The lowest BCUT2D eigenvalue weighted by atomic mass is 10.0. The number of methoxy groups -OCH3 is 1. The number of hydrogen-bond donors (Lipinski definition) is 0. The second kappa shape index (κ2) is 19.1. The molecule has 4 nitrogen and oxygen atoms in total. The first-order valence-electron chi connectivity index (χ1n) is 15.8. The summed E-state index contributed by atoms with van der Waals surface area (Å²) in [5, 5.41) is 0. The molecule has 0 aliphatic rings. The number of unbranched alkanes of at least 4 members (excludes halogenated alkanes) is 12. The molecular formula is C37H50O4. The molecule has 0 heterocycles. The summed E-state index contributed by atoms with van der Waals surface area (Å²) in [7, 11) is 1.67. The summed E-state index contributed by atoms with van der Waals surface area (Å²) in [5.41, 5.74) is 3.68. The third kappa shape index (κ3) is 12.1. The Bertz CT molecular complexity index is 1100. The Morgan fingerprint density at radius 2 is 1.07 bits per heavy atom. The van der Waals surface area contributed by atoms with Crippen LogP contribution in [0.15, 0.2) is 72.8 Å². The lowest BCUT2D eigenvalue weighted by Gasteiger charge is -2.11. The van der Waals surface area contributed by atoms with Gasteiger partial charge in [-0.1, -0.05) is 120 Å². The highest BCUT2D eigenvalue weighted by Gasteiger charge is 2.10. The van der Waals surface area contributed by atoms with Gasteiger partial charge in [0.2, 0.25) is 0 Å². The number of rotatable bonds is 20. The second-order valence-electron chi connectivity index (χ2n) is 11.0. The number of carbonyl (C=O) groups is 1. The van der Waals surface area contributed by atoms with Crippen molar-refractivity contribution in [1.29, 1.82) is 0 Å². The molecule has 0 saturated carbocycles. The number of hydrogen-bond acceptors (Lipinski definition) is 4. The topological polar surface area (TPSA) is 44.8 Å². The number of esters is 1.